The highest BCUT2D eigenvalue weighted by Gasteiger charge is 2.29. The highest BCUT2D eigenvalue weighted by Crippen LogP contribution is 2.30. The third kappa shape index (κ3) is 1.93. The monoisotopic (exact) mass is 302 g/mol. The van der Waals surface area contributed by atoms with Crippen molar-refractivity contribution >= 4 is 27.7 Å². The second-order valence-electron chi connectivity index (χ2n) is 4.22. The standard InChI is InChI=1S/C14H11BrN2O/c15-12-8-16-14-11(12)6-7-13(18)17(14)9-10-4-2-1-3-5-10/h1-6,8H,7,9H2. The molecule has 4 heteroatoms. The second-order valence-corrected chi connectivity index (χ2v) is 5.07. The third-order valence-electron chi connectivity index (χ3n) is 3.02. The number of carbonyl (C=O) groups is 1. The third-order valence-corrected chi connectivity index (χ3v) is 3.65. The van der Waals surface area contributed by atoms with Gasteiger partial charge in [-0.2, -0.15) is 0 Å². The fourth-order valence-electron chi connectivity index (χ4n) is 2.11. The molecule has 0 atom stereocenters. The zero-order chi connectivity index (χ0) is 12.5. The molecule has 18 heavy (non-hydrogen) atoms. The first-order valence-corrected chi connectivity index (χ1v) is 6.53. The van der Waals surface area contributed by atoms with Crippen molar-refractivity contribution in [3.05, 3.63) is 58.2 Å². The summed E-state index contributed by atoms with van der Waals surface area (Å²) < 4.78 is 0.947. The summed E-state index contributed by atoms with van der Waals surface area (Å²) in [4.78, 5) is 18.1. The average molecular weight is 303 g/mol. The van der Waals surface area contributed by atoms with Crippen LogP contribution in [0.15, 0.2) is 57.7 Å². The Bertz CT molecular complexity index is 587. The van der Waals surface area contributed by atoms with Crippen molar-refractivity contribution in [2.75, 3.05) is 0 Å². The number of carbonyl (C=O) groups excluding carboxylic acids is 1. The van der Waals surface area contributed by atoms with E-state index in [0.717, 1.165) is 21.5 Å². The molecule has 3 nitrogen and oxygen atoms in total. The number of fused-ring (bicyclic) bond motifs is 1. The Balaban J connectivity index is 1.89. The predicted molar refractivity (Wildman–Crippen MR) is 74.1 cm³/mol. The summed E-state index contributed by atoms with van der Waals surface area (Å²) in [5.74, 6) is 0.846. The van der Waals surface area contributed by atoms with E-state index in [1.165, 1.54) is 0 Å². The topological polar surface area (TPSA) is 32.7 Å². The number of hydrogen-bond donors (Lipinski definition) is 0. The Morgan fingerprint density at radius 3 is 2.83 bits per heavy atom. The Kier molecular flexibility index (Phi) is 2.88. The van der Waals surface area contributed by atoms with Crippen LogP contribution in [0.1, 0.15) is 12.0 Å². The van der Waals surface area contributed by atoms with Crippen LogP contribution in [0.5, 0.6) is 0 Å². The lowest BCUT2D eigenvalue weighted by Gasteiger charge is -2.26. The van der Waals surface area contributed by atoms with Gasteiger partial charge in [-0.25, -0.2) is 4.99 Å². The molecule has 0 bridgehead atoms. The van der Waals surface area contributed by atoms with Crippen LogP contribution in [0.4, 0.5) is 0 Å². The van der Waals surface area contributed by atoms with E-state index < -0.39 is 0 Å². The minimum atomic E-state index is 0.0944. The largest absolute Gasteiger partial charge is 0.292 e. The number of rotatable bonds is 2. The first-order chi connectivity index (χ1) is 8.75. The summed E-state index contributed by atoms with van der Waals surface area (Å²) in [6, 6.07) is 9.96. The zero-order valence-electron chi connectivity index (χ0n) is 9.64. The molecule has 0 fully saturated rings. The van der Waals surface area contributed by atoms with Crippen LogP contribution in [0.25, 0.3) is 0 Å². The van der Waals surface area contributed by atoms with Gasteiger partial charge < -0.3 is 0 Å². The van der Waals surface area contributed by atoms with E-state index in [2.05, 4.69) is 20.9 Å². The van der Waals surface area contributed by atoms with Crippen molar-refractivity contribution < 1.29 is 4.79 Å². The molecule has 0 N–H and O–H groups in total. The number of nitrogens with zero attached hydrogens (tertiary/aromatic N) is 2. The van der Waals surface area contributed by atoms with Crippen LogP contribution in [0.2, 0.25) is 0 Å². The molecule has 1 aromatic rings. The molecule has 0 radical (unpaired) electrons. The van der Waals surface area contributed by atoms with Gasteiger partial charge in [0.05, 0.1) is 6.54 Å². The van der Waals surface area contributed by atoms with Crippen molar-refractivity contribution in [3.63, 3.8) is 0 Å². The van der Waals surface area contributed by atoms with Gasteiger partial charge in [0.2, 0.25) is 5.91 Å². The van der Waals surface area contributed by atoms with Gasteiger partial charge in [-0.15, -0.1) is 0 Å². The van der Waals surface area contributed by atoms with E-state index in [1.54, 1.807) is 11.1 Å². The van der Waals surface area contributed by atoms with E-state index >= 15 is 0 Å². The maximum atomic E-state index is 12.0. The highest BCUT2D eigenvalue weighted by molar-refractivity contribution is 9.12. The molecule has 0 aromatic heterocycles. The van der Waals surface area contributed by atoms with Gasteiger partial charge in [-0.1, -0.05) is 36.4 Å². The van der Waals surface area contributed by atoms with Gasteiger partial charge in [0.1, 0.15) is 5.84 Å². The van der Waals surface area contributed by atoms with Crippen LogP contribution in [-0.2, 0) is 11.3 Å². The molecule has 0 unspecified atom stereocenters. The van der Waals surface area contributed by atoms with Crippen molar-refractivity contribution in [1.82, 2.24) is 4.90 Å². The number of hydrogen-bond acceptors (Lipinski definition) is 2. The zero-order valence-corrected chi connectivity index (χ0v) is 11.2. The van der Waals surface area contributed by atoms with Crippen molar-refractivity contribution in [1.29, 1.82) is 0 Å². The van der Waals surface area contributed by atoms with E-state index in [1.807, 2.05) is 36.4 Å². The lowest BCUT2D eigenvalue weighted by atomic mass is 10.1. The summed E-state index contributed by atoms with van der Waals surface area (Å²) in [5, 5.41) is 0. The SMILES string of the molecule is O=C1CC=C2C(Br)=CN=C2N1Cc1ccccc1. The molecule has 90 valence electrons. The Morgan fingerprint density at radius 2 is 2.06 bits per heavy atom. The lowest BCUT2D eigenvalue weighted by molar-refractivity contribution is -0.127. The van der Waals surface area contributed by atoms with Gasteiger partial charge in [0, 0.05) is 22.7 Å². The average Bonchev–Trinajstić information content (AvgIpc) is 2.76. The first kappa shape index (κ1) is 11.4. The van der Waals surface area contributed by atoms with E-state index in [4.69, 9.17) is 0 Å². The molecule has 1 aromatic carbocycles. The van der Waals surface area contributed by atoms with Crippen LogP contribution in [-0.4, -0.2) is 16.6 Å². The van der Waals surface area contributed by atoms with Crippen LogP contribution in [0, 0.1) is 0 Å². The summed E-state index contributed by atoms with van der Waals surface area (Å²) in [6.45, 7) is 0.573. The van der Waals surface area contributed by atoms with Crippen molar-refractivity contribution in [3.8, 4) is 0 Å². The molecule has 2 heterocycles. The van der Waals surface area contributed by atoms with Crippen LogP contribution in [0.3, 0.4) is 0 Å². The summed E-state index contributed by atoms with van der Waals surface area (Å²) in [5.41, 5.74) is 2.13. The van der Waals surface area contributed by atoms with E-state index in [-0.39, 0.29) is 5.91 Å². The molecular formula is C14H11BrN2O. The van der Waals surface area contributed by atoms with E-state index in [9.17, 15) is 4.79 Å². The van der Waals surface area contributed by atoms with E-state index in [0.29, 0.717) is 13.0 Å². The Labute approximate surface area is 114 Å². The van der Waals surface area contributed by atoms with Crippen molar-refractivity contribution in [2.24, 2.45) is 4.99 Å². The van der Waals surface area contributed by atoms with Gasteiger partial charge in [0.15, 0.2) is 0 Å². The molecule has 3 rings (SSSR count). The van der Waals surface area contributed by atoms with Crippen LogP contribution < -0.4 is 0 Å². The maximum Gasteiger partial charge on any atom is 0.232 e. The molecule has 0 saturated carbocycles. The Morgan fingerprint density at radius 1 is 1.28 bits per heavy atom. The number of halogens is 1. The number of aliphatic imine (C=N–C) groups is 1. The van der Waals surface area contributed by atoms with Crippen molar-refractivity contribution in [2.45, 2.75) is 13.0 Å². The highest BCUT2D eigenvalue weighted by atomic mass is 79.9. The van der Waals surface area contributed by atoms with Gasteiger partial charge in [-0.3, -0.25) is 9.69 Å². The summed E-state index contributed by atoms with van der Waals surface area (Å²) in [6.07, 6.45) is 4.11. The maximum absolute atomic E-state index is 12.0. The van der Waals surface area contributed by atoms with Gasteiger partial charge in [-0.05, 0) is 21.5 Å². The molecular weight excluding hydrogens is 292 g/mol. The van der Waals surface area contributed by atoms with Gasteiger partial charge in [0.25, 0.3) is 0 Å². The number of amides is 1. The van der Waals surface area contributed by atoms with Crippen LogP contribution >= 0.6 is 15.9 Å². The molecule has 0 saturated heterocycles. The normalized spacial score (nSPS) is 18.2. The number of benzene rings is 1. The lowest BCUT2D eigenvalue weighted by Crippen LogP contribution is -2.38. The quantitative estimate of drug-likeness (QED) is 0.826. The summed E-state index contributed by atoms with van der Waals surface area (Å²) in [7, 11) is 0. The first-order valence-electron chi connectivity index (χ1n) is 5.74. The summed E-state index contributed by atoms with van der Waals surface area (Å²) >= 11 is 3.45. The van der Waals surface area contributed by atoms with Gasteiger partial charge >= 0.3 is 0 Å². The molecule has 0 spiro atoms. The predicted octanol–water partition coefficient (Wildman–Crippen LogP) is 2.99. The number of amidine groups is 1. The minimum Gasteiger partial charge on any atom is -0.292 e. The Hall–Kier alpha value is -1.68. The fraction of sp³-hybridized carbons (Fsp3) is 0.143. The molecule has 1 amide bonds. The minimum absolute atomic E-state index is 0.0944. The molecule has 2 aliphatic rings. The second kappa shape index (κ2) is 4.53. The fourth-order valence-corrected chi connectivity index (χ4v) is 2.56. The molecule has 2 aliphatic heterocycles. The smallest absolute Gasteiger partial charge is 0.232 e. The molecule has 0 aliphatic carbocycles.